The van der Waals surface area contributed by atoms with Crippen molar-refractivity contribution in [2.24, 2.45) is 0 Å². The van der Waals surface area contributed by atoms with Crippen molar-refractivity contribution in [2.75, 3.05) is 41.1 Å². The third-order valence-electron chi connectivity index (χ3n) is 8.79. The minimum Gasteiger partial charge on any atom is -0.502 e. The molecular weight excluding hydrogens is 602 g/mol. The standard InChI is InChI=1S/C37H39NO9/c1-42-33-17-25-10-13-38(21-27(25)18-34(33)43-2)22-29-19-31(39)36(41)37(47-29)30(20-35(40)44-3)24-5-7-28(8-6-24)45-14-11-23-4-9-32-26(16-23)12-15-46-32/h4-9,16-19,30,41H,10-15,20-22H2,1-3H3/t30-/m0/s1. The summed E-state index contributed by atoms with van der Waals surface area (Å²) in [6.07, 6.45) is 2.33. The first kappa shape index (κ1) is 32.0. The summed E-state index contributed by atoms with van der Waals surface area (Å²) >= 11 is 0. The Kier molecular flexibility index (Phi) is 9.68. The Morgan fingerprint density at radius 2 is 1.70 bits per heavy atom. The van der Waals surface area contributed by atoms with Gasteiger partial charge in [0.15, 0.2) is 17.3 Å². The Labute approximate surface area is 273 Å². The maximum absolute atomic E-state index is 13.0. The molecule has 1 N–H and O–H groups in total. The van der Waals surface area contributed by atoms with Gasteiger partial charge in [0.2, 0.25) is 11.2 Å². The van der Waals surface area contributed by atoms with E-state index in [1.165, 1.54) is 29.9 Å². The molecule has 1 aromatic heterocycles. The lowest BCUT2D eigenvalue weighted by molar-refractivity contribution is -0.140. The summed E-state index contributed by atoms with van der Waals surface area (Å²) in [5.74, 6) is 1.60. The quantitative estimate of drug-likeness (QED) is 0.208. The molecule has 4 aromatic rings. The smallest absolute Gasteiger partial charge is 0.306 e. The van der Waals surface area contributed by atoms with Crippen LogP contribution in [-0.2, 0) is 41.9 Å². The van der Waals surface area contributed by atoms with Gasteiger partial charge in [0.25, 0.3) is 0 Å². The highest BCUT2D eigenvalue weighted by Crippen LogP contribution is 2.36. The van der Waals surface area contributed by atoms with Crippen LogP contribution in [0.25, 0.3) is 0 Å². The first-order valence-electron chi connectivity index (χ1n) is 15.7. The topological polar surface area (TPSA) is 117 Å². The van der Waals surface area contributed by atoms with Gasteiger partial charge in [-0.1, -0.05) is 24.3 Å². The molecule has 0 aliphatic carbocycles. The van der Waals surface area contributed by atoms with E-state index in [0.29, 0.717) is 48.3 Å². The Hall–Kier alpha value is -4.96. The van der Waals surface area contributed by atoms with E-state index in [9.17, 15) is 14.7 Å². The number of fused-ring (bicyclic) bond motifs is 2. The average molecular weight is 642 g/mol. The van der Waals surface area contributed by atoms with Crippen LogP contribution < -0.4 is 24.4 Å². The van der Waals surface area contributed by atoms with Crippen LogP contribution in [0.1, 0.15) is 51.7 Å². The average Bonchev–Trinajstić information content (AvgIpc) is 3.56. The molecule has 3 aromatic carbocycles. The lowest BCUT2D eigenvalue weighted by Gasteiger charge is -2.29. The first-order chi connectivity index (χ1) is 22.8. The van der Waals surface area contributed by atoms with E-state index in [1.807, 2.05) is 42.5 Å². The lowest BCUT2D eigenvalue weighted by Crippen LogP contribution is -2.30. The summed E-state index contributed by atoms with van der Waals surface area (Å²) in [5.41, 5.74) is 4.79. The van der Waals surface area contributed by atoms with Gasteiger partial charge in [-0.05, 0) is 64.6 Å². The fraction of sp³-hybridized carbons (Fsp3) is 0.351. The number of benzene rings is 3. The summed E-state index contributed by atoms with van der Waals surface area (Å²) in [7, 11) is 4.53. The molecule has 0 spiro atoms. The van der Waals surface area contributed by atoms with Crippen LogP contribution in [0.5, 0.6) is 28.7 Å². The Bertz CT molecular complexity index is 1800. The number of rotatable bonds is 12. The van der Waals surface area contributed by atoms with Crippen molar-refractivity contribution in [3.8, 4) is 28.7 Å². The second-order valence-corrected chi connectivity index (χ2v) is 11.8. The largest absolute Gasteiger partial charge is 0.502 e. The number of esters is 1. The zero-order chi connectivity index (χ0) is 32.9. The van der Waals surface area contributed by atoms with Gasteiger partial charge in [-0.3, -0.25) is 14.5 Å². The van der Waals surface area contributed by atoms with Crippen LogP contribution in [0.2, 0.25) is 0 Å². The summed E-state index contributed by atoms with van der Waals surface area (Å²) in [6, 6.07) is 18.8. The molecule has 0 saturated heterocycles. The van der Waals surface area contributed by atoms with E-state index in [0.717, 1.165) is 43.7 Å². The van der Waals surface area contributed by atoms with Crippen molar-refractivity contribution < 1.29 is 38.0 Å². The molecule has 0 fully saturated rings. The molecule has 1 atom stereocenters. The van der Waals surface area contributed by atoms with Gasteiger partial charge in [-0.15, -0.1) is 0 Å². The number of carbonyl (C=O) groups is 1. The highest BCUT2D eigenvalue weighted by Gasteiger charge is 2.28. The van der Waals surface area contributed by atoms with Crippen molar-refractivity contribution in [1.82, 2.24) is 4.90 Å². The third-order valence-corrected chi connectivity index (χ3v) is 8.79. The molecule has 47 heavy (non-hydrogen) atoms. The lowest BCUT2D eigenvalue weighted by atomic mass is 9.92. The minimum absolute atomic E-state index is 0.0240. The second kappa shape index (κ2) is 14.2. The normalized spacial score (nSPS) is 14.4. The van der Waals surface area contributed by atoms with Crippen molar-refractivity contribution in [2.45, 2.75) is 44.7 Å². The maximum atomic E-state index is 13.0. The first-order valence-corrected chi connectivity index (χ1v) is 15.7. The summed E-state index contributed by atoms with van der Waals surface area (Å²) in [6.45, 7) is 2.90. The highest BCUT2D eigenvalue weighted by molar-refractivity contribution is 5.71. The van der Waals surface area contributed by atoms with E-state index >= 15 is 0 Å². The van der Waals surface area contributed by atoms with Crippen LogP contribution in [0.15, 0.2) is 69.9 Å². The van der Waals surface area contributed by atoms with Crippen LogP contribution in [0.4, 0.5) is 0 Å². The Morgan fingerprint density at radius 3 is 2.45 bits per heavy atom. The molecule has 246 valence electrons. The van der Waals surface area contributed by atoms with Crippen LogP contribution in [0, 0.1) is 0 Å². The summed E-state index contributed by atoms with van der Waals surface area (Å²) in [4.78, 5) is 27.7. The van der Waals surface area contributed by atoms with E-state index in [2.05, 4.69) is 17.0 Å². The number of carbonyl (C=O) groups excluding carboxylic acids is 1. The molecule has 0 unspecified atom stereocenters. The van der Waals surface area contributed by atoms with Gasteiger partial charge < -0.3 is 33.2 Å². The SMILES string of the molecule is COC(=O)C[C@@H](c1ccc(OCCc2ccc3c(c2)CCO3)cc1)c1oc(CN2CCc3cc(OC)c(OC)cc3C2)cc(=O)c1O. The van der Waals surface area contributed by atoms with Crippen LogP contribution >= 0.6 is 0 Å². The van der Waals surface area contributed by atoms with Crippen molar-refractivity contribution >= 4 is 5.97 Å². The van der Waals surface area contributed by atoms with E-state index in [4.69, 9.17) is 28.1 Å². The van der Waals surface area contributed by atoms with Crippen molar-refractivity contribution in [3.63, 3.8) is 0 Å². The van der Waals surface area contributed by atoms with Crippen LogP contribution in [-0.4, -0.2) is 57.1 Å². The van der Waals surface area contributed by atoms with E-state index in [1.54, 1.807) is 14.2 Å². The third kappa shape index (κ3) is 7.23. The second-order valence-electron chi connectivity index (χ2n) is 11.8. The number of ether oxygens (including phenoxy) is 5. The molecule has 0 saturated carbocycles. The zero-order valence-corrected chi connectivity index (χ0v) is 26.9. The molecule has 0 radical (unpaired) electrons. The number of nitrogens with zero attached hydrogens (tertiary/aromatic N) is 1. The molecule has 2 aliphatic heterocycles. The molecule has 3 heterocycles. The molecule has 10 nitrogen and oxygen atoms in total. The minimum atomic E-state index is -0.753. The van der Waals surface area contributed by atoms with Gasteiger partial charge in [0.1, 0.15) is 17.3 Å². The molecule has 2 aliphatic rings. The summed E-state index contributed by atoms with van der Waals surface area (Å²) < 4.78 is 33.7. The predicted octanol–water partition coefficient (Wildman–Crippen LogP) is 5.17. The zero-order valence-electron chi connectivity index (χ0n) is 26.9. The highest BCUT2D eigenvalue weighted by atomic mass is 16.5. The summed E-state index contributed by atoms with van der Waals surface area (Å²) in [5, 5.41) is 10.9. The van der Waals surface area contributed by atoms with Gasteiger partial charge in [-0.2, -0.15) is 0 Å². The van der Waals surface area contributed by atoms with Gasteiger partial charge in [0, 0.05) is 32.0 Å². The van der Waals surface area contributed by atoms with Gasteiger partial charge in [-0.25, -0.2) is 0 Å². The molecule has 10 heteroatoms. The molecule has 0 bridgehead atoms. The molecule has 6 rings (SSSR count). The number of methoxy groups -OCH3 is 3. The van der Waals surface area contributed by atoms with Gasteiger partial charge >= 0.3 is 5.97 Å². The van der Waals surface area contributed by atoms with Crippen molar-refractivity contribution in [3.05, 3.63) is 110 Å². The number of aromatic hydroxyl groups is 1. The fourth-order valence-electron chi connectivity index (χ4n) is 6.26. The predicted molar refractivity (Wildman–Crippen MR) is 174 cm³/mol. The maximum Gasteiger partial charge on any atom is 0.306 e. The fourth-order valence-corrected chi connectivity index (χ4v) is 6.26. The molecular formula is C37H39NO9. The number of hydrogen-bond acceptors (Lipinski definition) is 10. The van der Waals surface area contributed by atoms with E-state index in [-0.39, 0.29) is 12.2 Å². The number of hydrogen-bond donors (Lipinski definition) is 1. The van der Waals surface area contributed by atoms with Crippen LogP contribution in [0.3, 0.4) is 0 Å². The Balaban J connectivity index is 1.18. The van der Waals surface area contributed by atoms with Gasteiger partial charge in [0.05, 0.1) is 53.4 Å². The van der Waals surface area contributed by atoms with E-state index < -0.39 is 23.1 Å². The monoisotopic (exact) mass is 641 g/mol. The van der Waals surface area contributed by atoms with Crippen molar-refractivity contribution in [1.29, 1.82) is 0 Å². The Morgan fingerprint density at radius 1 is 0.936 bits per heavy atom. The molecule has 0 amide bonds.